The van der Waals surface area contributed by atoms with Crippen molar-refractivity contribution in [2.75, 3.05) is 40.9 Å². The molecule has 0 aliphatic rings. The van der Waals surface area contributed by atoms with Gasteiger partial charge in [0.1, 0.15) is 19.3 Å². The number of phosphoric acid groups is 1. The number of carbonyl (C=O) groups excluding carboxylic acids is 2. The molecule has 0 saturated heterocycles. The Labute approximate surface area is 489 Å². The van der Waals surface area contributed by atoms with Gasteiger partial charge in [0.25, 0.3) is 7.82 Å². The van der Waals surface area contributed by atoms with Gasteiger partial charge < -0.3 is 28.5 Å². The van der Waals surface area contributed by atoms with Crippen LogP contribution in [0.2, 0.25) is 0 Å². The topological polar surface area (TPSA) is 114 Å². The normalized spacial score (nSPS) is 14.1. The molecular formula is C69H127N2O7P. The summed E-state index contributed by atoms with van der Waals surface area (Å²) in [5.41, 5.74) is 0. The number of ether oxygens (including phenoxy) is 1. The number of hydrogen-bond acceptors (Lipinski definition) is 7. The van der Waals surface area contributed by atoms with Crippen LogP contribution >= 0.6 is 7.82 Å². The molecule has 0 radical (unpaired) electrons. The summed E-state index contributed by atoms with van der Waals surface area (Å²) < 4.78 is 30.3. The molecule has 0 aliphatic carbocycles. The van der Waals surface area contributed by atoms with Crippen LogP contribution in [-0.2, 0) is 27.9 Å². The molecule has 9 nitrogen and oxygen atoms in total. The summed E-state index contributed by atoms with van der Waals surface area (Å²) in [6.45, 7) is 6.78. The van der Waals surface area contributed by atoms with Gasteiger partial charge in [-0.15, -0.1) is 0 Å². The van der Waals surface area contributed by atoms with Crippen LogP contribution in [0.15, 0.2) is 72.9 Å². The van der Waals surface area contributed by atoms with E-state index in [-0.39, 0.29) is 31.3 Å². The fourth-order valence-corrected chi connectivity index (χ4v) is 10.2. The van der Waals surface area contributed by atoms with Crippen molar-refractivity contribution >= 4 is 19.7 Å². The summed E-state index contributed by atoms with van der Waals surface area (Å²) in [5.74, 6) is -0.614. The second-order valence-corrected chi connectivity index (χ2v) is 25.0. The molecule has 0 aromatic heterocycles. The first kappa shape index (κ1) is 76.5. The smallest absolute Gasteiger partial charge is 0.306 e. The predicted octanol–water partition coefficient (Wildman–Crippen LogP) is 20.2. The van der Waals surface area contributed by atoms with E-state index in [2.05, 4.69) is 80.8 Å². The molecular weight excluding hydrogens is 1000 g/mol. The maximum absolute atomic E-state index is 13.5. The SMILES string of the molecule is CCCCC/C=C\C/C=C\C/C=C\CCCCCCCCCCCCCCCCC(=O)OC(/C=C\CCCCCCCCCCCCC)C(COP(=O)([O-])OCC[N+](C)(C)C)NC(=O)CC/C=C/C/C=C\CCCCCCCC. The maximum Gasteiger partial charge on any atom is 0.306 e. The van der Waals surface area contributed by atoms with Crippen molar-refractivity contribution in [1.29, 1.82) is 0 Å². The van der Waals surface area contributed by atoms with Crippen LogP contribution in [0, 0.1) is 0 Å². The maximum atomic E-state index is 13.5. The van der Waals surface area contributed by atoms with E-state index >= 15 is 0 Å². The molecule has 0 saturated carbocycles. The van der Waals surface area contributed by atoms with Gasteiger partial charge in [-0.1, -0.05) is 274 Å². The second-order valence-electron chi connectivity index (χ2n) is 23.6. The number of phosphoric ester groups is 1. The lowest BCUT2D eigenvalue weighted by Gasteiger charge is -2.30. The zero-order valence-electron chi connectivity index (χ0n) is 52.6. The lowest BCUT2D eigenvalue weighted by molar-refractivity contribution is -0.870. The highest BCUT2D eigenvalue weighted by atomic mass is 31.2. The third-order valence-corrected chi connectivity index (χ3v) is 15.6. The van der Waals surface area contributed by atoms with E-state index in [1.807, 2.05) is 39.4 Å². The lowest BCUT2D eigenvalue weighted by atomic mass is 10.0. The minimum Gasteiger partial charge on any atom is -0.756 e. The van der Waals surface area contributed by atoms with E-state index in [1.165, 1.54) is 199 Å². The minimum absolute atomic E-state index is 0.0325. The average molecular weight is 1130 g/mol. The van der Waals surface area contributed by atoms with Crippen LogP contribution in [0.4, 0.5) is 0 Å². The summed E-state index contributed by atoms with van der Waals surface area (Å²) in [7, 11) is 1.16. The molecule has 0 aliphatic heterocycles. The Kier molecular flexibility index (Phi) is 56.7. The molecule has 0 spiro atoms. The molecule has 0 aromatic rings. The first-order valence-corrected chi connectivity index (χ1v) is 34.7. The fraction of sp³-hybridized carbons (Fsp3) is 0.797. The standard InChI is InChI=1S/C69H127N2O7P/c1-7-10-13-16-19-22-25-28-29-30-31-32-33-34-35-36-37-38-39-40-41-44-47-50-53-56-59-62-69(73)78-67(60-57-54-51-48-45-42-26-23-20-17-14-11-8-2)66(65-77-79(74,75)76-64-63-71(4,5)6)70-68(72)61-58-55-52-49-46-43-27-24-21-18-15-12-9-3/h19,22,28-29,31-32,43,46,52,55,57,60,66-67H,7-18,20-21,23-27,30,33-42,44-45,47-51,53-54,56,58-59,61-65H2,1-6H3,(H-,70,72,74,75)/b22-19-,29-28-,32-31-,46-43-,55-52+,60-57-. The van der Waals surface area contributed by atoms with E-state index in [0.29, 0.717) is 17.4 Å². The number of hydrogen-bond donors (Lipinski definition) is 1. The van der Waals surface area contributed by atoms with Gasteiger partial charge in [0.2, 0.25) is 5.91 Å². The largest absolute Gasteiger partial charge is 0.756 e. The molecule has 1 amide bonds. The van der Waals surface area contributed by atoms with Gasteiger partial charge in [-0.2, -0.15) is 0 Å². The summed E-state index contributed by atoms with van der Waals surface area (Å²) in [6, 6.07) is -0.920. The van der Waals surface area contributed by atoms with Crippen LogP contribution in [0.5, 0.6) is 0 Å². The van der Waals surface area contributed by atoms with E-state index in [0.717, 1.165) is 64.2 Å². The van der Waals surface area contributed by atoms with Crippen molar-refractivity contribution < 1.29 is 37.3 Å². The molecule has 1 N–H and O–H groups in total. The molecule has 0 heterocycles. The molecule has 79 heavy (non-hydrogen) atoms. The van der Waals surface area contributed by atoms with Crippen molar-refractivity contribution in [2.24, 2.45) is 0 Å². The second kappa shape index (κ2) is 58.6. The third-order valence-electron chi connectivity index (χ3n) is 14.6. The Morgan fingerprint density at radius 1 is 0.443 bits per heavy atom. The number of nitrogens with one attached hydrogen (secondary N) is 1. The summed E-state index contributed by atoms with van der Waals surface area (Å²) in [5, 5.41) is 2.99. The van der Waals surface area contributed by atoms with Gasteiger partial charge >= 0.3 is 5.97 Å². The number of nitrogens with zero attached hydrogens (tertiary/aromatic N) is 1. The van der Waals surface area contributed by atoms with E-state index in [1.54, 1.807) is 0 Å². The zero-order chi connectivity index (χ0) is 57.9. The Morgan fingerprint density at radius 2 is 0.785 bits per heavy atom. The highest BCUT2D eigenvalue weighted by molar-refractivity contribution is 7.45. The van der Waals surface area contributed by atoms with Gasteiger partial charge in [0.05, 0.1) is 33.8 Å². The van der Waals surface area contributed by atoms with Crippen molar-refractivity contribution in [1.82, 2.24) is 5.32 Å². The van der Waals surface area contributed by atoms with Gasteiger partial charge in [0, 0.05) is 12.8 Å². The molecule has 3 atom stereocenters. The molecule has 0 bridgehead atoms. The number of unbranched alkanes of at least 4 members (excludes halogenated alkanes) is 34. The minimum atomic E-state index is -4.71. The average Bonchev–Trinajstić information content (AvgIpc) is 3.41. The van der Waals surface area contributed by atoms with Crippen molar-refractivity contribution in [2.45, 2.75) is 315 Å². The lowest BCUT2D eigenvalue weighted by Crippen LogP contribution is -2.47. The van der Waals surface area contributed by atoms with E-state index in [9.17, 15) is 19.0 Å². The van der Waals surface area contributed by atoms with E-state index in [4.69, 9.17) is 13.8 Å². The quantitative estimate of drug-likeness (QED) is 0.0212. The van der Waals surface area contributed by atoms with Crippen LogP contribution in [0.25, 0.3) is 0 Å². The molecule has 10 heteroatoms. The van der Waals surface area contributed by atoms with Crippen molar-refractivity contribution in [3.8, 4) is 0 Å². The Hall–Kier alpha value is -2.55. The Balaban J connectivity index is 5.09. The number of rotatable bonds is 60. The van der Waals surface area contributed by atoms with Crippen LogP contribution in [0.1, 0.15) is 303 Å². The molecule has 0 fully saturated rings. The highest BCUT2D eigenvalue weighted by Gasteiger charge is 2.27. The summed E-state index contributed by atoms with van der Waals surface area (Å²) in [6.07, 6.45) is 76.1. The third kappa shape index (κ3) is 59.9. The first-order valence-electron chi connectivity index (χ1n) is 33.2. The fourth-order valence-electron chi connectivity index (χ4n) is 9.46. The predicted molar refractivity (Wildman–Crippen MR) is 339 cm³/mol. The number of carbonyl (C=O) groups is 2. The van der Waals surface area contributed by atoms with Gasteiger partial charge in [-0.05, 0) is 89.5 Å². The van der Waals surface area contributed by atoms with Gasteiger partial charge in [-0.25, -0.2) is 0 Å². The van der Waals surface area contributed by atoms with E-state index < -0.39 is 26.6 Å². The molecule has 460 valence electrons. The summed E-state index contributed by atoms with van der Waals surface area (Å²) >= 11 is 0. The molecule has 0 aromatic carbocycles. The van der Waals surface area contributed by atoms with Crippen LogP contribution < -0.4 is 10.2 Å². The van der Waals surface area contributed by atoms with Gasteiger partial charge in [-0.3, -0.25) is 14.2 Å². The number of allylic oxidation sites excluding steroid dienone is 11. The highest BCUT2D eigenvalue weighted by Crippen LogP contribution is 2.38. The summed E-state index contributed by atoms with van der Waals surface area (Å²) in [4.78, 5) is 40.0. The van der Waals surface area contributed by atoms with Crippen molar-refractivity contribution in [3.05, 3.63) is 72.9 Å². The zero-order valence-corrected chi connectivity index (χ0v) is 53.5. The monoisotopic (exact) mass is 1130 g/mol. The Morgan fingerprint density at radius 3 is 1.20 bits per heavy atom. The van der Waals surface area contributed by atoms with Crippen LogP contribution in [-0.4, -0.2) is 69.4 Å². The van der Waals surface area contributed by atoms with Crippen molar-refractivity contribution in [3.63, 3.8) is 0 Å². The molecule has 0 rings (SSSR count). The van der Waals surface area contributed by atoms with Gasteiger partial charge in [0.15, 0.2) is 0 Å². The Bertz CT molecular complexity index is 1580. The molecule has 3 unspecified atom stereocenters. The number of likely N-dealkylation sites (N-methyl/N-ethyl adjacent to an activating group) is 1. The number of amides is 1. The van der Waals surface area contributed by atoms with Crippen LogP contribution in [0.3, 0.4) is 0 Å². The number of esters is 1. The number of quaternary nitrogens is 1. The first-order chi connectivity index (χ1) is 38.4.